The zero-order valence-electron chi connectivity index (χ0n) is 9.33. The summed E-state index contributed by atoms with van der Waals surface area (Å²) in [7, 11) is 0. The van der Waals surface area contributed by atoms with E-state index in [-0.39, 0.29) is 0 Å². The fourth-order valence-corrected chi connectivity index (χ4v) is 1.40. The molecule has 0 unspecified atom stereocenters. The van der Waals surface area contributed by atoms with E-state index in [0.717, 1.165) is 18.5 Å². The lowest BCUT2D eigenvalue weighted by Crippen LogP contribution is -2.13. The molecule has 0 heterocycles. The lowest BCUT2D eigenvalue weighted by molar-refractivity contribution is 0.234. The second kappa shape index (κ2) is 6.19. The third-order valence-electron chi connectivity index (χ3n) is 2.24. The van der Waals surface area contributed by atoms with Gasteiger partial charge in [-0.25, -0.2) is 4.99 Å². The molecule has 3 heteroatoms. The standard InChI is InChI=1S/C12H18N2O/c1-3-4-7-11-8-5-6-9-12(11)13-10(2)14-15/h5-6,8-9,15H,3-4,7H2,1-2H3,(H,13,14). The van der Waals surface area contributed by atoms with Crippen LogP contribution in [0, 0.1) is 0 Å². The minimum Gasteiger partial charge on any atom is -0.290 e. The van der Waals surface area contributed by atoms with Crippen LogP contribution >= 0.6 is 0 Å². The predicted molar refractivity (Wildman–Crippen MR) is 62.7 cm³/mol. The molecule has 0 aliphatic heterocycles. The Labute approximate surface area is 90.8 Å². The molecule has 0 saturated carbocycles. The van der Waals surface area contributed by atoms with Gasteiger partial charge in [0.15, 0.2) is 0 Å². The number of hydroxylamine groups is 1. The maximum absolute atomic E-state index is 8.68. The van der Waals surface area contributed by atoms with Crippen molar-refractivity contribution in [2.24, 2.45) is 4.99 Å². The van der Waals surface area contributed by atoms with Gasteiger partial charge < -0.3 is 0 Å². The Hall–Kier alpha value is -1.35. The summed E-state index contributed by atoms with van der Waals surface area (Å²) in [6.07, 6.45) is 3.38. The summed E-state index contributed by atoms with van der Waals surface area (Å²) >= 11 is 0. The molecule has 82 valence electrons. The van der Waals surface area contributed by atoms with Gasteiger partial charge in [0.2, 0.25) is 0 Å². The molecule has 1 rings (SSSR count). The Morgan fingerprint density at radius 3 is 2.80 bits per heavy atom. The van der Waals surface area contributed by atoms with Gasteiger partial charge in [0.05, 0.1) is 5.69 Å². The molecule has 1 aromatic carbocycles. The number of benzene rings is 1. The topological polar surface area (TPSA) is 44.6 Å². The second-order valence-corrected chi connectivity index (χ2v) is 3.54. The maximum Gasteiger partial charge on any atom is 0.123 e. The Bertz CT molecular complexity index is 334. The van der Waals surface area contributed by atoms with Crippen molar-refractivity contribution in [2.75, 3.05) is 0 Å². The summed E-state index contributed by atoms with van der Waals surface area (Å²) in [4.78, 5) is 4.29. The number of para-hydroxylation sites is 1. The van der Waals surface area contributed by atoms with Crippen LogP contribution in [0.15, 0.2) is 29.3 Å². The van der Waals surface area contributed by atoms with Crippen molar-refractivity contribution < 1.29 is 5.21 Å². The third-order valence-corrected chi connectivity index (χ3v) is 2.24. The van der Waals surface area contributed by atoms with Crippen LogP contribution in [0.1, 0.15) is 32.3 Å². The fraction of sp³-hybridized carbons (Fsp3) is 0.417. The van der Waals surface area contributed by atoms with Crippen molar-refractivity contribution in [3.05, 3.63) is 29.8 Å². The number of nitrogens with zero attached hydrogens (tertiary/aromatic N) is 1. The van der Waals surface area contributed by atoms with Crippen molar-refractivity contribution in [1.82, 2.24) is 5.48 Å². The van der Waals surface area contributed by atoms with E-state index in [1.807, 2.05) is 23.7 Å². The van der Waals surface area contributed by atoms with E-state index in [1.165, 1.54) is 12.0 Å². The highest BCUT2D eigenvalue weighted by Gasteiger charge is 1.99. The summed E-state index contributed by atoms with van der Waals surface area (Å²) in [5.74, 6) is 0.513. The van der Waals surface area contributed by atoms with Crippen molar-refractivity contribution in [3.63, 3.8) is 0 Å². The lowest BCUT2D eigenvalue weighted by atomic mass is 10.1. The summed E-state index contributed by atoms with van der Waals surface area (Å²) in [5.41, 5.74) is 4.21. The van der Waals surface area contributed by atoms with Gasteiger partial charge in [-0.3, -0.25) is 10.7 Å². The molecule has 0 amide bonds. The van der Waals surface area contributed by atoms with Gasteiger partial charge in [0.25, 0.3) is 0 Å². The van der Waals surface area contributed by atoms with Crippen LogP contribution in [-0.4, -0.2) is 11.0 Å². The fourth-order valence-electron chi connectivity index (χ4n) is 1.40. The zero-order chi connectivity index (χ0) is 11.1. The van der Waals surface area contributed by atoms with Crippen molar-refractivity contribution in [3.8, 4) is 0 Å². The van der Waals surface area contributed by atoms with E-state index in [1.54, 1.807) is 6.92 Å². The summed E-state index contributed by atoms with van der Waals surface area (Å²) in [6, 6.07) is 8.02. The molecule has 1 aromatic rings. The molecule has 0 spiro atoms. The van der Waals surface area contributed by atoms with E-state index in [2.05, 4.69) is 18.0 Å². The molecule has 0 saturated heterocycles. The quantitative estimate of drug-likeness (QED) is 0.452. The van der Waals surface area contributed by atoms with Gasteiger partial charge in [-0.1, -0.05) is 31.5 Å². The largest absolute Gasteiger partial charge is 0.290 e. The van der Waals surface area contributed by atoms with Gasteiger partial charge in [0.1, 0.15) is 5.84 Å². The number of unbranched alkanes of at least 4 members (excludes halogenated alkanes) is 1. The molecule has 15 heavy (non-hydrogen) atoms. The van der Waals surface area contributed by atoms with Crippen LogP contribution in [0.2, 0.25) is 0 Å². The van der Waals surface area contributed by atoms with E-state index >= 15 is 0 Å². The van der Waals surface area contributed by atoms with Crippen molar-refractivity contribution >= 4 is 11.5 Å². The molecule has 0 atom stereocenters. The van der Waals surface area contributed by atoms with Gasteiger partial charge in [-0.05, 0) is 31.4 Å². The lowest BCUT2D eigenvalue weighted by Gasteiger charge is -2.05. The van der Waals surface area contributed by atoms with Gasteiger partial charge in [-0.15, -0.1) is 0 Å². The molecule has 0 radical (unpaired) electrons. The molecular formula is C12H18N2O. The van der Waals surface area contributed by atoms with Crippen LogP contribution in [0.25, 0.3) is 0 Å². The highest BCUT2D eigenvalue weighted by molar-refractivity contribution is 5.81. The van der Waals surface area contributed by atoms with Crippen LogP contribution < -0.4 is 5.48 Å². The van der Waals surface area contributed by atoms with E-state index in [9.17, 15) is 0 Å². The van der Waals surface area contributed by atoms with E-state index < -0.39 is 0 Å². The highest BCUT2D eigenvalue weighted by atomic mass is 16.5. The Morgan fingerprint density at radius 2 is 2.13 bits per heavy atom. The van der Waals surface area contributed by atoms with Gasteiger partial charge in [0, 0.05) is 0 Å². The molecule has 0 aromatic heterocycles. The number of aryl methyl sites for hydroxylation is 1. The number of hydrogen-bond acceptors (Lipinski definition) is 2. The van der Waals surface area contributed by atoms with Crippen LogP contribution in [-0.2, 0) is 6.42 Å². The Kier molecular flexibility index (Phi) is 4.84. The minimum atomic E-state index is 0.513. The molecule has 3 nitrogen and oxygen atoms in total. The molecule has 2 N–H and O–H groups in total. The van der Waals surface area contributed by atoms with Crippen LogP contribution in [0.5, 0.6) is 0 Å². The van der Waals surface area contributed by atoms with Crippen LogP contribution in [0.3, 0.4) is 0 Å². The SMILES string of the molecule is CCCCc1ccccc1N=C(C)NO. The molecule has 0 aliphatic carbocycles. The Balaban J connectivity index is 2.86. The molecule has 0 bridgehead atoms. The van der Waals surface area contributed by atoms with Crippen molar-refractivity contribution in [2.45, 2.75) is 33.1 Å². The minimum absolute atomic E-state index is 0.513. The second-order valence-electron chi connectivity index (χ2n) is 3.54. The van der Waals surface area contributed by atoms with E-state index in [0.29, 0.717) is 5.84 Å². The average molecular weight is 206 g/mol. The first-order valence-corrected chi connectivity index (χ1v) is 5.31. The zero-order valence-corrected chi connectivity index (χ0v) is 9.33. The first kappa shape index (κ1) is 11.7. The predicted octanol–water partition coefficient (Wildman–Crippen LogP) is 3.06. The highest BCUT2D eigenvalue weighted by Crippen LogP contribution is 2.20. The maximum atomic E-state index is 8.68. The van der Waals surface area contributed by atoms with Gasteiger partial charge in [-0.2, -0.15) is 0 Å². The van der Waals surface area contributed by atoms with E-state index in [4.69, 9.17) is 5.21 Å². The molecule has 0 aliphatic rings. The number of rotatable bonds is 4. The normalized spacial score (nSPS) is 11.5. The van der Waals surface area contributed by atoms with Crippen LogP contribution in [0.4, 0.5) is 5.69 Å². The number of hydrogen-bond donors (Lipinski definition) is 2. The number of aliphatic imine (C=N–C) groups is 1. The van der Waals surface area contributed by atoms with Gasteiger partial charge >= 0.3 is 0 Å². The number of amidine groups is 1. The first-order chi connectivity index (χ1) is 7.27. The molecule has 0 fully saturated rings. The number of nitrogens with one attached hydrogen (secondary N) is 1. The summed E-state index contributed by atoms with van der Waals surface area (Å²) in [6.45, 7) is 3.91. The average Bonchev–Trinajstić information content (AvgIpc) is 2.28. The smallest absolute Gasteiger partial charge is 0.123 e. The summed E-state index contributed by atoms with van der Waals surface area (Å²) < 4.78 is 0. The first-order valence-electron chi connectivity index (χ1n) is 5.31. The Morgan fingerprint density at radius 1 is 1.40 bits per heavy atom. The van der Waals surface area contributed by atoms with Crippen molar-refractivity contribution in [1.29, 1.82) is 0 Å². The molecular weight excluding hydrogens is 188 g/mol. The summed E-state index contributed by atoms with van der Waals surface area (Å²) in [5, 5.41) is 8.68. The third kappa shape index (κ3) is 3.72. The monoisotopic (exact) mass is 206 g/mol.